The summed E-state index contributed by atoms with van der Waals surface area (Å²) >= 11 is 0. The molecule has 8 heteroatoms. The minimum absolute atomic E-state index is 0.0194. The van der Waals surface area contributed by atoms with Crippen LogP contribution in [0.25, 0.3) is 0 Å². The van der Waals surface area contributed by atoms with Crippen molar-refractivity contribution in [1.29, 1.82) is 0 Å². The third-order valence-corrected chi connectivity index (χ3v) is 2.08. The number of rotatable bonds is 4. The van der Waals surface area contributed by atoms with Gasteiger partial charge in [-0.3, -0.25) is 14.9 Å². The molecule has 0 saturated carbocycles. The van der Waals surface area contributed by atoms with E-state index in [1.54, 1.807) is 0 Å². The van der Waals surface area contributed by atoms with E-state index in [-0.39, 0.29) is 19.0 Å². The smallest absolute Gasteiger partial charge is 0.287 e. The molecule has 0 spiro atoms. The Morgan fingerprint density at radius 3 is 2.81 bits per heavy atom. The molecular weight excluding hydrogens is 224 g/mol. The van der Waals surface area contributed by atoms with Gasteiger partial charge in [-0.25, -0.2) is 8.78 Å². The molecule has 1 aliphatic rings. The van der Waals surface area contributed by atoms with Crippen molar-refractivity contribution in [2.75, 3.05) is 26.2 Å². The number of aliphatic hydroxyl groups is 1. The maximum absolute atomic E-state index is 12.6. The number of hydrogen-bond donors (Lipinski definition) is 4. The van der Waals surface area contributed by atoms with Gasteiger partial charge in [0, 0.05) is 6.54 Å². The molecule has 1 heterocycles. The molecule has 1 aliphatic heterocycles. The molecule has 2 amide bonds. The molecule has 0 bridgehead atoms. The van der Waals surface area contributed by atoms with Gasteiger partial charge in [0.1, 0.15) is 12.6 Å². The van der Waals surface area contributed by atoms with Crippen LogP contribution in [-0.4, -0.2) is 55.1 Å². The first kappa shape index (κ1) is 12.8. The zero-order chi connectivity index (χ0) is 12.2. The molecule has 0 radical (unpaired) electrons. The first-order chi connectivity index (χ1) is 7.44. The van der Waals surface area contributed by atoms with Crippen molar-refractivity contribution in [3.8, 4) is 0 Å². The fourth-order valence-corrected chi connectivity index (χ4v) is 1.15. The molecule has 1 atom stereocenters. The van der Waals surface area contributed by atoms with Crippen LogP contribution in [0.3, 0.4) is 0 Å². The lowest BCUT2D eigenvalue weighted by molar-refractivity contribution is -0.128. The number of aliphatic hydroxyl groups excluding tert-OH is 1. The topological polar surface area (TPSA) is 90.5 Å². The van der Waals surface area contributed by atoms with Crippen molar-refractivity contribution in [3.63, 3.8) is 0 Å². The molecule has 1 saturated heterocycles. The molecule has 0 aromatic carbocycles. The maximum Gasteiger partial charge on any atom is 0.287 e. The largest absolute Gasteiger partial charge is 0.390 e. The first-order valence-corrected chi connectivity index (χ1v) is 4.71. The van der Waals surface area contributed by atoms with Crippen LogP contribution in [0.4, 0.5) is 8.78 Å². The fraction of sp³-hybridized carbons (Fsp3) is 0.750. The van der Waals surface area contributed by atoms with E-state index in [0.29, 0.717) is 0 Å². The van der Waals surface area contributed by atoms with Gasteiger partial charge in [0.2, 0.25) is 11.8 Å². The van der Waals surface area contributed by atoms with E-state index in [9.17, 15) is 18.4 Å². The number of piperazine rings is 1. The predicted octanol–water partition coefficient (Wildman–Crippen LogP) is -2.18. The van der Waals surface area contributed by atoms with Gasteiger partial charge in [0.15, 0.2) is 0 Å². The van der Waals surface area contributed by atoms with E-state index in [4.69, 9.17) is 5.11 Å². The number of amides is 2. The van der Waals surface area contributed by atoms with Crippen LogP contribution < -0.4 is 16.0 Å². The lowest BCUT2D eigenvalue weighted by atomic mass is 10.2. The zero-order valence-electron chi connectivity index (χ0n) is 8.43. The fourth-order valence-electron chi connectivity index (χ4n) is 1.15. The van der Waals surface area contributed by atoms with E-state index < -0.39 is 31.0 Å². The van der Waals surface area contributed by atoms with Gasteiger partial charge in [-0.05, 0) is 0 Å². The predicted molar refractivity (Wildman–Crippen MR) is 49.8 cm³/mol. The van der Waals surface area contributed by atoms with Crippen molar-refractivity contribution >= 4 is 11.8 Å². The summed E-state index contributed by atoms with van der Waals surface area (Å²) in [5.74, 6) is -4.20. The Morgan fingerprint density at radius 1 is 1.62 bits per heavy atom. The molecule has 16 heavy (non-hydrogen) atoms. The molecule has 1 unspecified atom stereocenters. The molecule has 1 fully saturated rings. The van der Waals surface area contributed by atoms with Crippen molar-refractivity contribution in [2.24, 2.45) is 0 Å². The molecule has 1 rings (SSSR count). The van der Waals surface area contributed by atoms with E-state index in [1.807, 2.05) is 5.32 Å². The van der Waals surface area contributed by atoms with E-state index in [1.165, 1.54) is 0 Å². The van der Waals surface area contributed by atoms with Crippen molar-refractivity contribution in [1.82, 2.24) is 16.0 Å². The summed E-state index contributed by atoms with van der Waals surface area (Å²) in [6, 6.07) is -0.716. The lowest BCUT2D eigenvalue weighted by Gasteiger charge is -2.24. The normalized spacial score (nSPS) is 21.4. The Kier molecular flexibility index (Phi) is 4.13. The Morgan fingerprint density at radius 2 is 2.31 bits per heavy atom. The molecule has 0 aromatic heterocycles. The average molecular weight is 237 g/mol. The van der Waals surface area contributed by atoms with Crippen LogP contribution >= 0.6 is 0 Å². The number of carbonyl (C=O) groups is 2. The summed E-state index contributed by atoms with van der Waals surface area (Å²) in [5, 5.41) is 15.3. The second kappa shape index (κ2) is 5.17. The third-order valence-electron chi connectivity index (χ3n) is 2.08. The summed E-state index contributed by atoms with van der Waals surface area (Å²) in [5.41, 5.74) is 0. The van der Waals surface area contributed by atoms with Gasteiger partial charge in [-0.15, -0.1) is 0 Å². The molecular formula is C8H13F2N3O3. The second-order valence-corrected chi connectivity index (χ2v) is 3.47. The molecule has 92 valence electrons. The molecule has 0 aromatic rings. The van der Waals surface area contributed by atoms with Crippen molar-refractivity contribution in [2.45, 2.75) is 12.0 Å². The monoisotopic (exact) mass is 237 g/mol. The van der Waals surface area contributed by atoms with E-state index >= 15 is 0 Å². The Labute approximate surface area is 90.4 Å². The first-order valence-electron chi connectivity index (χ1n) is 4.71. The highest BCUT2D eigenvalue weighted by Gasteiger charge is 2.30. The highest BCUT2D eigenvalue weighted by molar-refractivity contribution is 5.86. The highest BCUT2D eigenvalue weighted by atomic mass is 19.3. The summed E-state index contributed by atoms with van der Waals surface area (Å²) < 4.78 is 25.2. The SMILES string of the molecule is O=C1CNC(C(=O)NCC(F)(F)CO)CN1. The van der Waals surface area contributed by atoms with Crippen LogP contribution in [0.1, 0.15) is 0 Å². The van der Waals surface area contributed by atoms with Crippen molar-refractivity contribution in [3.05, 3.63) is 0 Å². The summed E-state index contributed by atoms with van der Waals surface area (Å²) in [6.45, 7) is -2.19. The minimum atomic E-state index is -3.33. The number of alkyl halides is 2. The van der Waals surface area contributed by atoms with Gasteiger partial charge >= 0.3 is 0 Å². The summed E-state index contributed by atoms with van der Waals surface area (Å²) in [7, 11) is 0. The van der Waals surface area contributed by atoms with Gasteiger partial charge in [-0.1, -0.05) is 0 Å². The van der Waals surface area contributed by atoms with E-state index in [0.717, 1.165) is 0 Å². The molecule has 0 aliphatic carbocycles. The van der Waals surface area contributed by atoms with Gasteiger partial charge in [0.25, 0.3) is 5.92 Å². The van der Waals surface area contributed by atoms with Crippen LogP contribution in [0.15, 0.2) is 0 Å². The Bertz CT molecular complexity index is 276. The third kappa shape index (κ3) is 3.70. The van der Waals surface area contributed by atoms with Crippen LogP contribution in [-0.2, 0) is 9.59 Å². The van der Waals surface area contributed by atoms with Gasteiger partial charge in [0.05, 0.1) is 13.1 Å². The molecule has 4 N–H and O–H groups in total. The minimum Gasteiger partial charge on any atom is -0.390 e. The van der Waals surface area contributed by atoms with Crippen molar-refractivity contribution < 1.29 is 23.5 Å². The Balaban J connectivity index is 2.33. The summed E-state index contributed by atoms with van der Waals surface area (Å²) in [4.78, 5) is 22.1. The van der Waals surface area contributed by atoms with Crippen LogP contribution in [0, 0.1) is 0 Å². The molecule has 6 nitrogen and oxygen atoms in total. The van der Waals surface area contributed by atoms with Gasteiger partial charge < -0.3 is 15.7 Å². The Hall–Kier alpha value is -1.28. The zero-order valence-corrected chi connectivity index (χ0v) is 8.43. The standard InChI is InChI=1S/C8H13F2N3O3/c9-8(10,4-14)3-13-7(16)5-1-12-6(15)2-11-5/h5,11,14H,1-4H2,(H,12,15)(H,13,16). The lowest BCUT2D eigenvalue weighted by Crippen LogP contribution is -2.58. The average Bonchev–Trinajstić information content (AvgIpc) is 2.27. The number of hydrogen-bond acceptors (Lipinski definition) is 4. The highest BCUT2D eigenvalue weighted by Crippen LogP contribution is 2.09. The van der Waals surface area contributed by atoms with Gasteiger partial charge in [-0.2, -0.15) is 0 Å². The van der Waals surface area contributed by atoms with E-state index in [2.05, 4.69) is 10.6 Å². The number of nitrogens with one attached hydrogen (secondary N) is 3. The number of halogens is 2. The summed E-state index contributed by atoms with van der Waals surface area (Å²) in [6.07, 6.45) is 0. The number of carbonyl (C=O) groups excluding carboxylic acids is 2. The quantitative estimate of drug-likeness (QED) is 0.447. The maximum atomic E-state index is 12.6. The van der Waals surface area contributed by atoms with Crippen LogP contribution in [0.5, 0.6) is 0 Å². The van der Waals surface area contributed by atoms with Crippen LogP contribution in [0.2, 0.25) is 0 Å². The second-order valence-electron chi connectivity index (χ2n) is 3.47.